The number of aliphatic imine (C=N–C) groups is 1. The number of nitrogens with zero attached hydrogens (tertiary/aromatic N) is 3. The molecule has 0 bridgehead atoms. The van der Waals surface area contributed by atoms with E-state index in [1.54, 1.807) is 31.4 Å². The normalized spacial score (nSPS) is 16.3. The van der Waals surface area contributed by atoms with E-state index in [0.29, 0.717) is 35.4 Å². The van der Waals surface area contributed by atoms with E-state index in [1.807, 2.05) is 31.2 Å². The lowest BCUT2D eigenvalue weighted by Gasteiger charge is -2.20. The van der Waals surface area contributed by atoms with Crippen LogP contribution in [0.25, 0.3) is 6.08 Å². The first-order chi connectivity index (χ1) is 16.5. The summed E-state index contributed by atoms with van der Waals surface area (Å²) in [6, 6.07) is 13.2. The monoisotopic (exact) mass is 478 g/mol. The van der Waals surface area contributed by atoms with Crippen LogP contribution in [-0.4, -0.2) is 47.3 Å². The van der Waals surface area contributed by atoms with Gasteiger partial charge in [0.15, 0.2) is 17.3 Å². The minimum atomic E-state index is -0.454. The van der Waals surface area contributed by atoms with Gasteiger partial charge in [0.05, 0.1) is 12.7 Å². The molecule has 0 fully saturated rings. The van der Waals surface area contributed by atoms with Gasteiger partial charge in [-0.3, -0.25) is 10.2 Å². The van der Waals surface area contributed by atoms with Crippen LogP contribution in [-0.2, 0) is 4.79 Å². The van der Waals surface area contributed by atoms with Gasteiger partial charge in [-0.05, 0) is 73.0 Å². The summed E-state index contributed by atoms with van der Waals surface area (Å²) in [6.07, 6.45) is 3.34. The number of nitrogens with one attached hydrogen (secondary N) is 1. The van der Waals surface area contributed by atoms with Crippen LogP contribution in [0.3, 0.4) is 0 Å². The summed E-state index contributed by atoms with van der Waals surface area (Å²) in [6.45, 7) is 4.80. The number of amidine groups is 2. The fourth-order valence-electron chi connectivity index (χ4n) is 3.42. The van der Waals surface area contributed by atoms with E-state index in [4.69, 9.17) is 19.6 Å². The smallest absolute Gasteiger partial charge is 0.283 e. The van der Waals surface area contributed by atoms with Gasteiger partial charge in [-0.15, -0.1) is 0 Å². The zero-order valence-corrected chi connectivity index (χ0v) is 20.1. The number of fused-ring (bicyclic) bond motifs is 1. The Kier molecular flexibility index (Phi) is 7.32. The summed E-state index contributed by atoms with van der Waals surface area (Å²) >= 11 is 1.34. The molecule has 0 radical (unpaired) electrons. The fraction of sp³-hybridized carbons (Fsp3) is 0.280. The molecule has 0 aromatic heterocycles. The van der Waals surface area contributed by atoms with Crippen molar-refractivity contribution in [1.29, 1.82) is 5.41 Å². The topological polar surface area (TPSA) is 96.6 Å². The number of hydrazone groups is 1. The molecule has 9 heteroatoms. The molecule has 176 valence electrons. The Hall–Kier alpha value is -3.59. The Balaban J connectivity index is 1.44. The average molecular weight is 479 g/mol. The molecule has 0 unspecified atom stereocenters. The Morgan fingerprint density at radius 2 is 1.94 bits per heavy atom. The summed E-state index contributed by atoms with van der Waals surface area (Å²) in [5, 5.41) is 15.6. The van der Waals surface area contributed by atoms with Crippen molar-refractivity contribution in [3.63, 3.8) is 0 Å². The summed E-state index contributed by atoms with van der Waals surface area (Å²) in [4.78, 5) is 16.7. The van der Waals surface area contributed by atoms with Crippen LogP contribution in [0, 0.1) is 12.3 Å². The highest BCUT2D eigenvalue weighted by Crippen LogP contribution is 2.32. The molecule has 2 aliphatic heterocycles. The molecule has 34 heavy (non-hydrogen) atoms. The van der Waals surface area contributed by atoms with Crippen LogP contribution in [0.5, 0.6) is 17.2 Å². The largest absolute Gasteiger partial charge is 0.493 e. The molecule has 2 aliphatic rings. The quantitative estimate of drug-likeness (QED) is 0.408. The number of ether oxygens (including phenoxy) is 3. The third-order valence-corrected chi connectivity index (χ3v) is 6.03. The number of benzene rings is 2. The Bertz CT molecular complexity index is 1210. The first kappa shape index (κ1) is 23.6. The molecular weight excluding hydrogens is 452 g/mol. The van der Waals surface area contributed by atoms with Gasteiger partial charge in [0, 0.05) is 0 Å². The van der Waals surface area contributed by atoms with E-state index in [0.717, 1.165) is 29.2 Å². The zero-order chi connectivity index (χ0) is 24.1. The molecule has 0 saturated carbocycles. The predicted molar refractivity (Wildman–Crippen MR) is 135 cm³/mol. The maximum Gasteiger partial charge on any atom is 0.283 e. The van der Waals surface area contributed by atoms with E-state index in [-0.39, 0.29) is 11.4 Å². The molecule has 8 nitrogen and oxygen atoms in total. The second kappa shape index (κ2) is 10.6. The van der Waals surface area contributed by atoms with Gasteiger partial charge in [-0.25, -0.2) is 0 Å². The average Bonchev–Trinajstić information content (AvgIpc) is 3.22. The SMILES string of the molecule is CCCC1=NN2C(=N)/C(=C/c3ccc(OCCOc4cccc(C)c4)c(OC)c3)C(=O)N=C2S1. The molecule has 0 aliphatic carbocycles. The van der Waals surface area contributed by atoms with Crippen LogP contribution in [0.15, 0.2) is 58.1 Å². The highest BCUT2D eigenvalue weighted by molar-refractivity contribution is 8.26. The Morgan fingerprint density at radius 1 is 1.12 bits per heavy atom. The fourth-order valence-corrected chi connectivity index (χ4v) is 4.41. The molecular formula is C25H26N4O4S. The Labute approximate surface area is 202 Å². The summed E-state index contributed by atoms with van der Waals surface area (Å²) < 4.78 is 17.0. The molecule has 0 spiro atoms. The van der Waals surface area contributed by atoms with Gasteiger partial charge in [-0.2, -0.15) is 15.1 Å². The maximum absolute atomic E-state index is 12.6. The first-order valence-corrected chi connectivity index (χ1v) is 11.8. The van der Waals surface area contributed by atoms with E-state index < -0.39 is 5.91 Å². The molecule has 2 aromatic rings. The van der Waals surface area contributed by atoms with Gasteiger partial charge in [-0.1, -0.05) is 25.1 Å². The zero-order valence-electron chi connectivity index (χ0n) is 19.3. The molecule has 0 atom stereocenters. The molecule has 2 heterocycles. The molecule has 0 saturated heterocycles. The number of rotatable bonds is 9. The van der Waals surface area contributed by atoms with Crippen molar-refractivity contribution in [3.05, 3.63) is 59.2 Å². The number of carbonyl (C=O) groups excluding carboxylic acids is 1. The van der Waals surface area contributed by atoms with Gasteiger partial charge in [0.25, 0.3) is 5.91 Å². The number of aryl methyl sites for hydroxylation is 1. The number of hydrogen-bond donors (Lipinski definition) is 1. The van der Waals surface area contributed by atoms with Gasteiger partial charge < -0.3 is 14.2 Å². The number of thioether (sulfide) groups is 1. The lowest BCUT2D eigenvalue weighted by atomic mass is 10.1. The van der Waals surface area contributed by atoms with Gasteiger partial charge in [0.1, 0.15) is 24.0 Å². The van der Waals surface area contributed by atoms with Crippen LogP contribution in [0.4, 0.5) is 0 Å². The Morgan fingerprint density at radius 3 is 2.71 bits per heavy atom. The number of methoxy groups -OCH3 is 1. The molecule has 1 amide bonds. The van der Waals surface area contributed by atoms with Crippen LogP contribution in [0.1, 0.15) is 30.9 Å². The number of hydrogen-bond acceptors (Lipinski definition) is 7. The standard InChI is InChI=1S/C25H26N4O4S/c1-4-6-22-28-29-23(26)19(24(30)27-25(29)34-22)14-17-9-10-20(21(15-17)31-3)33-12-11-32-18-8-5-7-16(2)13-18/h5,7-10,13-15,26H,4,6,11-12H2,1-3H3/b19-14-,26-23?. The predicted octanol–water partition coefficient (Wildman–Crippen LogP) is 4.88. The third kappa shape index (κ3) is 5.31. The lowest BCUT2D eigenvalue weighted by molar-refractivity contribution is -0.114. The van der Waals surface area contributed by atoms with Crippen molar-refractivity contribution in [1.82, 2.24) is 5.01 Å². The van der Waals surface area contributed by atoms with Crippen molar-refractivity contribution >= 4 is 39.8 Å². The van der Waals surface area contributed by atoms with Crippen molar-refractivity contribution in [2.75, 3.05) is 20.3 Å². The molecule has 1 N–H and O–H groups in total. The van der Waals surface area contributed by atoms with Crippen LogP contribution < -0.4 is 14.2 Å². The highest BCUT2D eigenvalue weighted by Gasteiger charge is 2.35. The van der Waals surface area contributed by atoms with Crippen molar-refractivity contribution < 1.29 is 19.0 Å². The van der Waals surface area contributed by atoms with E-state index in [2.05, 4.69) is 17.0 Å². The summed E-state index contributed by atoms with van der Waals surface area (Å²) in [5.41, 5.74) is 2.00. The van der Waals surface area contributed by atoms with Crippen LogP contribution >= 0.6 is 11.8 Å². The van der Waals surface area contributed by atoms with Gasteiger partial charge >= 0.3 is 0 Å². The first-order valence-electron chi connectivity index (χ1n) is 11.0. The molecule has 2 aromatic carbocycles. The van der Waals surface area contributed by atoms with Crippen LogP contribution in [0.2, 0.25) is 0 Å². The minimum Gasteiger partial charge on any atom is -0.493 e. The highest BCUT2D eigenvalue weighted by atomic mass is 32.2. The number of carbonyl (C=O) groups is 1. The number of amides is 1. The van der Waals surface area contributed by atoms with Gasteiger partial charge in [0.2, 0.25) is 5.17 Å². The lowest BCUT2D eigenvalue weighted by Crippen LogP contribution is -2.35. The second-order valence-electron chi connectivity index (χ2n) is 7.69. The summed E-state index contributed by atoms with van der Waals surface area (Å²) in [7, 11) is 1.55. The third-order valence-electron chi connectivity index (χ3n) is 5.06. The van der Waals surface area contributed by atoms with E-state index in [9.17, 15) is 4.79 Å². The summed E-state index contributed by atoms with van der Waals surface area (Å²) in [5.74, 6) is 1.44. The van der Waals surface area contributed by atoms with Crippen molar-refractivity contribution in [3.8, 4) is 17.2 Å². The van der Waals surface area contributed by atoms with E-state index >= 15 is 0 Å². The second-order valence-corrected chi connectivity index (χ2v) is 8.73. The van der Waals surface area contributed by atoms with Crippen molar-refractivity contribution in [2.24, 2.45) is 10.1 Å². The minimum absolute atomic E-state index is 0.0150. The molecule has 4 rings (SSSR count). The van der Waals surface area contributed by atoms with E-state index in [1.165, 1.54) is 16.8 Å². The van der Waals surface area contributed by atoms with Crippen molar-refractivity contribution in [2.45, 2.75) is 26.7 Å². The maximum atomic E-state index is 12.6.